The van der Waals surface area contributed by atoms with E-state index >= 15 is 0 Å². The van der Waals surface area contributed by atoms with E-state index in [1.165, 1.54) is 7.11 Å². The number of hydrogen-bond donors (Lipinski definition) is 4. The van der Waals surface area contributed by atoms with Crippen LogP contribution in [0, 0.1) is 29.1 Å². The first-order chi connectivity index (χ1) is 25.4. The molecule has 2 fully saturated rings. The van der Waals surface area contributed by atoms with Gasteiger partial charge < -0.3 is 40.3 Å². The van der Waals surface area contributed by atoms with Crippen LogP contribution in [0.15, 0.2) is 30.3 Å². The van der Waals surface area contributed by atoms with E-state index in [0.717, 1.165) is 24.8 Å². The largest absolute Gasteiger partial charge is 0.480 e. The van der Waals surface area contributed by atoms with Crippen LogP contribution in [0.2, 0.25) is 0 Å². The summed E-state index contributed by atoms with van der Waals surface area (Å²) in [6.07, 6.45) is 2.13. The molecule has 1 spiro atoms. The highest BCUT2D eigenvalue weighted by molar-refractivity contribution is 5.90. The SMILES string of the molecule is CC[C@H](C)[C@@H](C(CC(=O)N1CC2(CC2)C[C@H]1[C@H](OC)[C@@H](C)C(=O)N[C@@H](Cc1ccccc1)C(=O)O)OC)N(C)C(=O)[C@@H](NC(=O)[C@@H](NC)C(C)C)C(C)C. The van der Waals surface area contributed by atoms with Crippen molar-refractivity contribution < 1.29 is 38.6 Å². The van der Waals surface area contributed by atoms with Crippen LogP contribution < -0.4 is 16.0 Å². The van der Waals surface area contributed by atoms with Gasteiger partial charge in [0.15, 0.2) is 0 Å². The first kappa shape index (κ1) is 44.8. The van der Waals surface area contributed by atoms with Crippen molar-refractivity contribution >= 4 is 29.6 Å². The molecule has 0 bridgehead atoms. The monoisotopic (exact) mass is 757 g/mol. The van der Waals surface area contributed by atoms with E-state index in [1.54, 1.807) is 33.0 Å². The second-order valence-electron chi connectivity index (χ2n) is 16.4. The molecule has 1 aliphatic heterocycles. The fourth-order valence-corrected chi connectivity index (χ4v) is 8.16. The number of amides is 4. The van der Waals surface area contributed by atoms with Crippen LogP contribution in [0.5, 0.6) is 0 Å². The van der Waals surface area contributed by atoms with E-state index in [4.69, 9.17) is 9.47 Å². The molecule has 1 unspecified atom stereocenters. The lowest BCUT2D eigenvalue weighted by molar-refractivity contribution is -0.148. The molecule has 1 aromatic rings. The zero-order valence-corrected chi connectivity index (χ0v) is 34.4. The molecule has 0 aromatic heterocycles. The highest BCUT2D eigenvalue weighted by atomic mass is 16.5. The maximum Gasteiger partial charge on any atom is 0.326 e. The third-order valence-electron chi connectivity index (χ3n) is 11.9. The molecule has 1 saturated carbocycles. The van der Waals surface area contributed by atoms with Gasteiger partial charge >= 0.3 is 5.97 Å². The Morgan fingerprint density at radius 2 is 1.54 bits per heavy atom. The molecule has 9 atom stereocenters. The molecule has 13 heteroatoms. The molecule has 3 rings (SSSR count). The van der Waals surface area contributed by atoms with Crippen molar-refractivity contribution in [2.24, 2.45) is 29.1 Å². The summed E-state index contributed by atoms with van der Waals surface area (Å²) in [4.78, 5) is 71.1. The van der Waals surface area contributed by atoms with Crippen LogP contribution >= 0.6 is 0 Å². The number of nitrogens with zero attached hydrogens (tertiary/aromatic N) is 2. The molecule has 4 N–H and O–H groups in total. The summed E-state index contributed by atoms with van der Waals surface area (Å²) in [7, 11) is 6.52. The molecular weight excluding hydrogens is 690 g/mol. The molecule has 2 aliphatic rings. The number of methoxy groups -OCH3 is 2. The number of nitrogens with one attached hydrogen (secondary N) is 3. The summed E-state index contributed by atoms with van der Waals surface area (Å²) in [5.41, 5.74) is 0.748. The van der Waals surface area contributed by atoms with Crippen LogP contribution in [0.25, 0.3) is 0 Å². The average molecular weight is 758 g/mol. The molecule has 1 aliphatic carbocycles. The van der Waals surface area contributed by atoms with Gasteiger partial charge in [0.05, 0.1) is 42.7 Å². The van der Waals surface area contributed by atoms with Gasteiger partial charge in [0.1, 0.15) is 12.1 Å². The molecule has 1 aromatic carbocycles. The summed E-state index contributed by atoms with van der Waals surface area (Å²) in [5.74, 6) is -3.21. The van der Waals surface area contributed by atoms with E-state index in [1.807, 2.05) is 76.8 Å². The minimum absolute atomic E-state index is 0.00123. The van der Waals surface area contributed by atoms with Gasteiger partial charge in [-0.25, -0.2) is 4.79 Å². The average Bonchev–Trinajstić information content (AvgIpc) is 3.79. The number of carbonyl (C=O) groups is 5. The van der Waals surface area contributed by atoms with Gasteiger partial charge in [0.25, 0.3) is 0 Å². The number of likely N-dealkylation sites (tertiary alicyclic amines) is 1. The Morgan fingerprint density at radius 1 is 0.926 bits per heavy atom. The highest BCUT2D eigenvalue weighted by Crippen LogP contribution is 2.56. The van der Waals surface area contributed by atoms with Gasteiger partial charge in [-0.3, -0.25) is 19.2 Å². The molecule has 1 saturated heterocycles. The lowest BCUT2D eigenvalue weighted by Crippen LogP contribution is -2.59. The Bertz CT molecular complexity index is 1420. The van der Waals surface area contributed by atoms with Gasteiger partial charge in [-0.05, 0) is 55.0 Å². The standard InChI is InChI=1S/C41H67N5O8/c1-12-26(6)35(45(9)39(50)34(25(4)5)44-38(49)33(42-8)24(2)3)31(53-10)21-32(47)46-23-41(18-19-41)22-30(46)36(54-11)27(7)37(48)43-29(40(51)52)20-28-16-14-13-15-17-28/h13-17,24-27,29-31,33-36,42H,12,18-23H2,1-11H3,(H,43,48)(H,44,49)(H,51,52)/t26-,27+,29-,30-,31?,33-,34-,35-,36+/m0/s1. The Balaban J connectivity index is 1.83. The fraction of sp³-hybridized carbons (Fsp3) is 0.732. The second kappa shape index (κ2) is 19.9. The predicted octanol–water partition coefficient (Wildman–Crippen LogP) is 3.49. The summed E-state index contributed by atoms with van der Waals surface area (Å²) in [5, 5.41) is 18.7. The topological polar surface area (TPSA) is 167 Å². The van der Waals surface area contributed by atoms with Crippen molar-refractivity contribution in [1.29, 1.82) is 0 Å². The summed E-state index contributed by atoms with van der Waals surface area (Å²) >= 11 is 0. The van der Waals surface area contributed by atoms with Gasteiger partial charge in [-0.2, -0.15) is 0 Å². The normalized spacial score (nSPS) is 20.8. The molecular formula is C41H67N5O8. The third-order valence-corrected chi connectivity index (χ3v) is 11.9. The highest BCUT2D eigenvalue weighted by Gasteiger charge is 2.56. The van der Waals surface area contributed by atoms with Gasteiger partial charge in [0, 0.05) is 34.2 Å². The lowest BCUT2D eigenvalue weighted by atomic mass is 9.89. The summed E-state index contributed by atoms with van der Waals surface area (Å²) in [6.45, 7) is 14.0. The van der Waals surface area contributed by atoms with Crippen molar-refractivity contribution in [1.82, 2.24) is 25.8 Å². The smallest absolute Gasteiger partial charge is 0.326 e. The molecule has 13 nitrogen and oxygen atoms in total. The number of aliphatic carboxylic acids is 1. The minimum atomic E-state index is -1.13. The summed E-state index contributed by atoms with van der Waals surface area (Å²) < 4.78 is 12.0. The number of carboxylic acid groups (broad SMARTS) is 1. The van der Waals surface area contributed by atoms with Crippen LogP contribution in [-0.4, -0.2) is 122 Å². The Labute approximate surface area is 322 Å². The molecule has 0 radical (unpaired) electrons. The number of likely N-dealkylation sites (N-methyl/N-ethyl adjacent to an activating group) is 2. The van der Waals surface area contributed by atoms with Crippen LogP contribution in [0.3, 0.4) is 0 Å². The number of carbonyl (C=O) groups excluding carboxylic acids is 4. The van der Waals surface area contributed by atoms with Gasteiger partial charge in [-0.1, -0.05) is 85.2 Å². The Kier molecular flexibility index (Phi) is 16.5. The van der Waals surface area contributed by atoms with Crippen molar-refractivity contribution in [3.63, 3.8) is 0 Å². The molecule has 304 valence electrons. The van der Waals surface area contributed by atoms with E-state index < -0.39 is 60.2 Å². The van der Waals surface area contributed by atoms with Crippen molar-refractivity contribution in [3.8, 4) is 0 Å². The van der Waals surface area contributed by atoms with Crippen molar-refractivity contribution in [2.75, 3.05) is 34.9 Å². The number of carboxylic acids is 1. The molecule has 54 heavy (non-hydrogen) atoms. The van der Waals surface area contributed by atoms with Crippen LogP contribution in [0.4, 0.5) is 0 Å². The van der Waals surface area contributed by atoms with E-state index in [2.05, 4.69) is 16.0 Å². The van der Waals surface area contributed by atoms with Gasteiger partial charge in [-0.15, -0.1) is 0 Å². The Morgan fingerprint density at radius 3 is 2.02 bits per heavy atom. The lowest BCUT2D eigenvalue weighted by Gasteiger charge is -2.41. The number of ether oxygens (including phenoxy) is 2. The maximum atomic E-state index is 14.4. The number of benzene rings is 1. The summed E-state index contributed by atoms with van der Waals surface area (Å²) in [6, 6.07) is 5.88. The predicted molar refractivity (Wildman–Crippen MR) is 207 cm³/mol. The first-order valence-corrected chi connectivity index (χ1v) is 19.6. The first-order valence-electron chi connectivity index (χ1n) is 19.6. The zero-order valence-electron chi connectivity index (χ0n) is 34.4. The zero-order chi connectivity index (χ0) is 40.5. The van der Waals surface area contributed by atoms with Crippen LogP contribution in [-0.2, 0) is 39.9 Å². The van der Waals surface area contributed by atoms with E-state index in [9.17, 15) is 29.1 Å². The van der Waals surface area contributed by atoms with Crippen molar-refractivity contribution in [2.45, 2.75) is 129 Å². The second-order valence-corrected chi connectivity index (χ2v) is 16.4. The van der Waals surface area contributed by atoms with E-state index in [0.29, 0.717) is 13.0 Å². The Hall–Kier alpha value is -3.55. The van der Waals surface area contributed by atoms with E-state index in [-0.39, 0.29) is 53.7 Å². The number of rotatable bonds is 21. The number of hydrogen-bond acceptors (Lipinski definition) is 8. The van der Waals surface area contributed by atoms with Crippen LogP contribution in [0.1, 0.15) is 86.1 Å². The fourth-order valence-electron chi connectivity index (χ4n) is 8.16. The molecule has 4 amide bonds. The molecule has 1 heterocycles. The van der Waals surface area contributed by atoms with Gasteiger partial charge in [0.2, 0.25) is 23.6 Å². The van der Waals surface area contributed by atoms with Crippen molar-refractivity contribution in [3.05, 3.63) is 35.9 Å². The quantitative estimate of drug-likeness (QED) is 0.147. The third kappa shape index (κ3) is 11.0. The maximum absolute atomic E-state index is 14.4. The minimum Gasteiger partial charge on any atom is -0.480 e.